The van der Waals surface area contributed by atoms with E-state index in [-0.39, 0.29) is 29.6 Å². The Morgan fingerprint density at radius 3 is 2.53 bits per heavy atom. The van der Waals surface area contributed by atoms with Crippen molar-refractivity contribution in [2.45, 2.75) is 32.1 Å². The highest BCUT2D eigenvalue weighted by Crippen LogP contribution is 2.20. The molecule has 0 fully saturated rings. The van der Waals surface area contributed by atoms with E-state index in [0.29, 0.717) is 28.7 Å². The van der Waals surface area contributed by atoms with Crippen LogP contribution in [0.4, 0.5) is 4.39 Å². The third-order valence-electron chi connectivity index (χ3n) is 4.54. The van der Waals surface area contributed by atoms with Crippen LogP contribution in [0.25, 0.3) is 0 Å². The molecule has 0 aliphatic heterocycles. The molecule has 32 heavy (non-hydrogen) atoms. The summed E-state index contributed by atoms with van der Waals surface area (Å²) < 4.78 is 15.7. The van der Waals surface area contributed by atoms with Gasteiger partial charge in [0.15, 0.2) is 16.8 Å². The van der Waals surface area contributed by atoms with Gasteiger partial charge in [0.1, 0.15) is 5.82 Å². The van der Waals surface area contributed by atoms with Crippen molar-refractivity contribution in [1.82, 2.24) is 20.1 Å². The first kappa shape index (κ1) is 23.2. The number of hydrogen-bond donors (Lipinski definition) is 1. The number of ketones is 1. The zero-order valence-corrected chi connectivity index (χ0v) is 18.5. The lowest BCUT2D eigenvalue weighted by atomic mass is 10.1. The number of benzene rings is 2. The van der Waals surface area contributed by atoms with Crippen molar-refractivity contribution in [2.75, 3.05) is 5.75 Å². The fraction of sp³-hybridized carbons (Fsp3) is 0.261. The van der Waals surface area contributed by atoms with E-state index in [1.807, 2.05) is 24.5 Å². The summed E-state index contributed by atoms with van der Waals surface area (Å²) in [5.74, 6) is -0.257. The second-order valence-electron chi connectivity index (χ2n) is 7.47. The van der Waals surface area contributed by atoms with Crippen molar-refractivity contribution >= 4 is 23.5 Å². The van der Waals surface area contributed by atoms with Crippen molar-refractivity contribution < 1.29 is 14.0 Å². The molecule has 0 atom stereocenters. The summed E-state index contributed by atoms with van der Waals surface area (Å²) in [6.45, 7) is 4.76. The number of nitrogens with one attached hydrogen (secondary N) is 1. The molecular formula is C23H22FN5O2S. The number of carbonyl (C=O) groups excluding carboxylic acids is 2. The van der Waals surface area contributed by atoms with Crippen LogP contribution in [-0.2, 0) is 13.1 Å². The van der Waals surface area contributed by atoms with E-state index >= 15 is 0 Å². The molecule has 1 heterocycles. The van der Waals surface area contributed by atoms with Crippen molar-refractivity contribution in [3.8, 4) is 6.07 Å². The third kappa shape index (κ3) is 5.80. The molecule has 0 aliphatic rings. The van der Waals surface area contributed by atoms with Crippen LogP contribution in [0.15, 0.2) is 53.7 Å². The van der Waals surface area contributed by atoms with Gasteiger partial charge in [-0.2, -0.15) is 5.26 Å². The van der Waals surface area contributed by atoms with Crippen molar-refractivity contribution in [1.29, 1.82) is 5.26 Å². The van der Waals surface area contributed by atoms with Crippen LogP contribution in [0.2, 0.25) is 0 Å². The Morgan fingerprint density at radius 1 is 1.16 bits per heavy atom. The Balaban J connectivity index is 1.69. The lowest BCUT2D eigenvalue weighted by Crippen LogP contribution is -2.26. The zero-order chi connectivity index (χ0) is 23.1. The largest absolute Gasteiger partial charge is 0.345 e. The summed E-state index contributed by atoms with van der Waals surface area (Å²) in [4.78, 5) is 24.8. The molecule has 0 saturated carbocycles. The molecule has 2 aromatic carbocycles. The number of rotatable bonds is 9. The maximum Gasteiger partial charge on any atom is 0.254 e. The Bertz CT molecular complexity index is 1150. The van der Waals surface area contributed by atoms with E-state index in [1.54, 1.807) is 30.3 Å². The van der Waals surface area contributed by atoms with Gasteiger partial charge in [0.2, 0.25) is 0 Å². The van der Waals surface area contributed by atoms with Gasteiger partial charge in [-0.05, 0) is 30.2 Å². The van der Waals surface area contributed by atoms with E-state index in [0.717, 1.165) is 0 Å². The summed E-state index contributed by atoms with van der Waals surface area (Å²) >= 11 is 1.26. The van der Waals surface area contributed by atoms with Gasteiger partial charge in [-0.1, -0.05) is 49.9 Å². The molecule has 1 N–H and O–H groups in total. The number of nitriles is 1. The van der Waals surface area contributed by atoms with Crippen LogP contribution in [0.1, 0.15) is 46.0 Å². The van der Waals surface area contributed by atoms with E-state index in [1.165, 1.54) is 30.0 Å². The first-order valence-corrected chi connectivity index (χ1v) is 11.0. The second-order valence-corrected chi connectivity index (χ2v) is 8.41. The topological polar surface area (TPSA) is 101 Å². The standard InChI is InChI=1S/C23H22FN5O2S/c1-15(2)13-29-21(12-26-22(31)18-5-3-4-6-19(18)24)27-28-23(29)32-14-20(30)17-9-7-16(11-25)8-10-17/h3-10,15H,12-14H2,1-2H3,(H,26,31). The number of nitrogens with zero attached hydrogens (tertiary/aromatic N) is 4. The maximum atomic E-state index is 13.8. The summed E-state index contributed by atoms with van der Waals surface area (Å²) in [5, 5.41) is 20.5. The summed E-state index contributed by atoms with van der Waals surface area (Å²) in [5.41, 5.74) is 0.974. The van der Waals surface area contributed by atoms with Gasteiger partial charge in [-0.3, -0.25) is 9.59 Å². The fourth-order valence-electron chi connectivity index (χ4n) is 2.95. The van der Waals surface area contributed by atoms with Gasteiger partial charge in [0, 0.05) is 12.1 Å². The van der Waals surface area contributed by atoms with Crippen LogP contribution >= 0.6 is 11.8 Å². The monoisotopic (exact) mass is 451 g/mol. The van der Waals surface area contributed by atoms with E-state index in [2.05, 4.69) is 15.5 Å². The molecule has 3 rings (SSSR count). The van der Waals surface area contributed by atoms with Crippen LogP contribution < -0.4 is 5.32 Å². The summed E-state index contributed by atoms with van der Waals surface area (Å²) in [7, 11) is 0. The van der Waals surface area contributed by atoms with E-state index < -0.39 is 11.7 Å². The minimum atomic E-state index is -0.591. The van der Waals surface area contributed by atoms with Crippen LogP contribution in [-0.4, -0.2) is 32.2 Å². The number of halogens is 1. The Kier molecular flexibility index (Phi) is 7.73. The number of carbonyl (C=O) groups is 2. The quantitative estimate of drug-likeness (QED) is 0.392. The lowest BCUT2D eigenvalue weighted by molar-refractivity contribution is 0.0944. The molecule has 0 saturated heterocycles. The molecule has 0 aliphatic carbocycles. The Hall–Kier alpha value is -3.51. The molecule has 0 radical (unpaired) electrons. The van der Waals surface area contributed by atoms with Crippen LogP contribution in [0.3, 0.4) is 0 Å². The van der Waals surface area contributed by atoms with Gasteiger partial charge in [0.05, 0.1) is 29.5 Å². The molecule has 0 bridgehead atoms. The predicted octanol–water partition coefficient (Wildman–Crippen LogP) is 3.85. The minimum absolute atomic E-state index is 0.0370. The smallest absolute Gasteiger partial charge is 0.254 e. The predicted molar refractivity (Wildman–Crippen MR) is 119 cm³/mol. The molecule has 3 aromatic rings. The number of hydrogen-bond acceptors (Lipinski definition) is 6. The highest BCUT2D eigenvalue weighted by Gasteiger charge is 2.18. The van der Waals surface area contributed by atoms with Crippen molar-refractivity contribution in [2.24, 2.45) is 5.92 Å². The average Bonchev–Trinajstić information content (AvgIpc) is 3.16. The highest BCUT2D eigenvalue weighted by atomic mass is 32.2. The molecular weight excluding hydrogens is 429 g/mol. The highest BCUT2D eigenvalue weighted by molar-refractivity contribution is 7.99. The second kappa shape index (κ2) is 10.7. The summed E-state index contributed by atoms with van der Waals surface area (Å²) in [6, 6.07) is 14.3. The van der Waals surface area contributed by atoms with Gasteiger partial charge < -0.3 is 9.88 Å². The Labute approximate surface area is 189 Å². The third-order valence-corrected chi connectivity index (χ3v) is 5.50. The molecule has 164 valence electrons. The summed E-state index contributed by atoms with van der Waals surface area (Å²) in [6.07, 6.45) is 0. The van der Waals surface area contributed by atoms with Crippen LogP contribution in [0, 0.1) is 23.1 Å². The fourth-order valence-corrected chi connectivity index (χ4v) is 3.81. The molecule has 1 aromatic heterocycles. The van der Waals surface area contributed by atoms with Gasteiger partial charge >= 0.3 is 0 Å². The molecule has 1 amide bonds. The average molecular weight is 452 g/mol. The Morgan fingerprint density at radius 2 is 1.88 bits per heavy atom. The molecule has 7 nitrogen and oxygen atoms in total. The van der Waals surface area contributed by atoms with Gasteiger partial charge in [-0.25, -0.2) is 4.39 Å². The normalized spacial score (nSPS) is 10.7. The molecule has 0 unspecified atom stereocenters. The maximum absolute atomic E-state index is 13.8. The first-order valence-electron chi connectivity index (χ1n) is 10.00. The van der Waals surface area contributed by atoms with Gasteiger partial charge in [0.25, 0.3) is 5.91 Å². The van der Waals surface area contributed by atoms with Crippen LogP contribution in [0.5, 0.6) is 0 Å². The lowest BCUT2D eigenvalue weighted by Gasteiger charge is -2.13. The van der Waals surface area contributed by atoms with E-state index in [4.69, 9.17) is 5.26 Å². The zero-order valence-electron chi connectivity index (χ0n) is 17.7. The molecule has 0 spiro atoms. The first-order chi connectivity index (χ1) is 15.4. The number of amides is 1. The van der Waals surface area contributed by atoms with Gasteiger partial charge in [-0.15, -0.1) is 10.2 Å². The minimum Gasteiger partial charge on any atom is -0.345 e. The van der Waals surface area contributed by atoms with Crippen molar-refractivity contribution in [3.63, 3.8) is 0 Å². The number of aromatic nitrogens is 3. The molecule has 9 heteroatoms. The van der Waals surface area contributed by atoms with E-state index in [9.17, 15) is 14.0 Å². The number of Topliss-reactive ketones (excluding diaryl/α,β-unsaturated/α-hetero) is 1. The number of thioether (sulfide) groups is 1. The SMILES string of the molecule is CC(C)Cn1c(CNC(=O)c2ccccc2F)nnc1SCC(=O)c1ccc(C#N)cc1. The van der Waals surface area contributed by atoms with Crippen molar-refractivity contribution in [3.05, 3.63) is 76.9 Å².